The molecule has 3 aliphatic rings. The second kappa shape index (κ2) is 6.57. The van der Waals surface area contributed by atoms with E-state index in [9.17, 15) is 19.2 Å². The number of para-hydroxylation sites is 1. The van der Waals surface area contributed by atoms with Crippen molar-refractivity contribution in [2.75, 3.05) is 11.5 Å². The van der Waals surface area contributed by atoms with Crippen LogP contribution in [0.3, 0.4) is 0 Å². The maximum Gasteiger partial charge on any atom is 0.354 e. The van der Waals surface area contributed by atoms with E-state index in [1.165, 1.54) is 9.80 Å². The molecule has 1 aromatic carbocycles. The summed E-state index contributed by atoms with van der Waals surface area (Å²) < 4.78 is 10.5. The van der Waals surface area contributed by atoms with Gasteiger partial charge in [0.15, 0.2) is 6.61 Å². The van der Waals surface area contributed by atoms with Gasteiger partial charge in [-0.05, 0) is 45.7 Å². The van der Waals surface area contributed by atoms with E-state index >= 15 is 0 Å². The number of amides is 2. The lowest BCUT2D eigenvalue weighted by Gasteiger charge is -2.48. The number of anilines is 1. The van der Waals surface area contributed by atoms with Crippen LogP contribution >= 0.6 is 0 Å². The van der Waals surface area contributed by atoms with Gasteiger partial charge in [-0.3, -0.25) is 14.5 Å². The lowest BCUT2D eigenvalue weighted by atomic mass is 9.96. The van der Waals surface area contributed by atoms with Gasteiger partial charge in [0.25, 0.3) is 5.91 Å². The fourth-order valence-electron chi connectivity index (χ4n) is 4.12. The molecule has 1 saturated heterocycles. The number of fused-ring (bicyclic) bond motifs is 3. The highest BCUT2D eigenvalue weighted by molar-refractivity contribution is 6.15. The Morgan fingerprint density at radius 2 is 1.86 bits per heavy atom. The Balaban J connectivity index is 1.69. The van der Waals surface area contributed by atoms with Crippen LogP contribution in [0.5, 0.6) is 0 Å². The minimum atomic E-state index is -1.55. The lowest BCUT2D eigenvalue weighted by Crippen LogP contribution is -2.69. The predicted octanol–water partition coefficient (Wildman–Crippen LogP) is 2.01. The SMILES string of the molecule is CC(C)(C)OC(=O)COC(=O)C12CCC(=O)N1c1ccccc1C(=O)N2C1CC1. The lowest BCUT2D eigenvalue weighted by molar-refractivity contribution is -0.172. The standard InChI is InChI=1S/C21H24N2O6/c1-20(2,3)29-17(25)12-28-19(27)21-11-10-16(24)23(21)15-7-5-4-6-14(15)18(26)22(21)13-8-9-13/h4-7,13H,8-12H2,1-3H3. The quantitative estimate of drug-likeness (QED) is 0.718. The van der Waals surface area contributed by atoms with Gasteiger partial charge in [-0.25, -0.2) is 9.59 Å². The molecule has 0 aromatic heterocycles. The van der Waals surface area contributed by atoms with E-state index in [1.54, 1.807) is 45.0 Å². The van der Waals surface area contributed by atoms with E-state index in [0.717, 1.165) is 12.8 Å². The summed E-state index contributed by atoms with van der Waals surface area (Å²) in [6.07, 6.45) is 1.77. The molecule has 0 bridgehead atoms. The molecule has 154 valence electrons. The second-order valence-corrected chi connectivity index (χ2v) is 8.63. The highest BCUT2D eigenvalue weighted by Crippen LogP contribution is 2.49. The third kappa shape index (κ3) is 3.16. The summed E-state index contributed by atoms with van der Waals surface area (Å²) in [5, 5.41) is 0. The molecule has 8 heteroatoms. The van der Waals surface area contributed by atoms with Crippen molar-refractivity contribution in [2.45, 2.75) is 63.8 Å². The number of ether oxygens (including phenoxy) is 2. The first kappa shape index (κ1) is 19.4. The van der Waals surface area contributed by atoms with Crippen molar-refractivity contribution in [2.24, 2.45) is 0 Å². The summed E-state index contributed by atoms with van der Waals surface area (Å²) in [5.41, 5.74) is -1.46. The highest BCUT2D eigenvalue weighted by Gasteiger charge is 2.64. The van der Waals surface area contributed by atoms with Gasteiger partial charge in [0.1, 0.15) is 5.60 Å². The van der Waals surface area contributed by atoms with Gasteiger partial charge in [0.05, 0.1) is 11.3 Å². The zero-order chi connectivity index (χ0) is 21.0. The molecule has 1 aliphatic carbocycles. The largest absolute Gasteiger partial charge is 0.457 e. The zero-order valence-electron chi connectivity index (χ0n) is 16.8. The van der Waals surface area contributed by atoms with Crippen molar-refractivity contribution in [3.8, 4) is 0 Å². The van der Waals surface area contributed by atoms with Crippen LogP contribution in [-0.2, 0) is 23.9 Å². The van der Waals surface area contributed by atoms with Crippen LogP contribution in [0.25, 0.3) is 0 Å². The van der Waals surface area contributed by atoms with Crippen molar-refractivity contribution >= 4 is 29.4 Å². The molecular formula is C21H24N2O6. The number of esters is 2. The maximum atomic E-state index is 13.3. The van der Waals surface area contributed by atoms with Gasteiger partial charge in [-0.2, -0.15) is 0 Å². The average molecular weight is 400 g/mol. The van der Waals surface area contributed by atoms with E-state index in [4.69, 9.17) is 9.47 Å². The number of hydrogen-bond acceptors (Lipinski definition) is 6. The number of carbonyl (C=O) groups excluding carboxylic acids is 4. The molecule has 0 radical (unpaired) electrons. The third-order valence-corrected chi connectivity index (χ3v) is 5.28. The Kier molecular flexibility index (Phi) is 4.40. The van der Waals surface area contributed by atoms with E-state index < -0.39 is 29.8 Å². The number of benzene rings is 1. The molecule has 2 amide bonds. The minimum Gasteiger partial charge on any atom is -0.457 e. The maximum absolute atomic E-state index is 13.3. The van der Waals surface area contributed by atoms with Crippen LogP contribution < -0.4 is 4.90 Å². The molecule has 1 atom stereocenters. The predicted molar refractivity (Wildman–Crippen MR) is 102 cm³/mol. The molecule has 2 heterocycles. The summed E-state index contributed by atoms with van der Waals surface area (Å²) in [6, 6.07) is 6.65. The Bertz CT molecular complexity index is 901. The van der Waals surface area contributed by atoms with Crippen LogP contribution in [0.4, 0.5) is 5.69 Å². The number of nitrogens with zero attached hydrogens (tertiary/aromatic N) is 2. The summed E-state index contributed by atoms with van der Waals surface area (Å²) in [6.45, 7) is 4.57. The first-order valence-electron chi connectivity index (χ1n) is 9.80. The van der Waals surface area contributed by atoms with E-state index in [1.807, 2.05) is 0 Å². The molecule has 29 heavy (non-hydrogen) atoms. The van der Waals surface area contributed by atoms with Gasteiger partial charge in [-0.1, -0.05) is 12.1 Å². The van der Waals surface area contributed by atoms with Gasteiger partial charge in [-0.15, -0.1) is 0 Å². The van der Waals surface area contributed by atoms with E-state index in [-0.39, 0.29) is 30.7 Å². The Morgan fingerprint density at radius 1 is 1.17 bits per heavy atom. The van der Waals surface area contributed by atoms with Gasteiger partial charge >= 0.3 is 11.9 Å². The summed E-state index contributed by atoms with van der Waals surface area (Å²) in [4.78, 5) is 54.3. The number of rotatable bonds is 4. The molecule has 2 aliphatic heterocycles. The first-order chi connectivity index (χ1) is 13.6. The van der Waals surface area contributed by atoms with Gasteiger partial charge in [0.2, 0.25) is 11.6 Å². The zero-order valence-corrected chi connectivity index (χ0v) is 16.8. The van der Waals surface area contributed by atoms with E-state index in [2.05, 4.69) is 0 Å². The monoisotopic (exact) mass is 400 g/mol. The minimum absolute atomic E-state index is 0.117. The van der Waals surface area contributed by atoms with Crippen LogP contribution in [0.1, 0.15) is 56.8 Å². The van der Waals surface area contributed by atoms with Crippen LogP contribution in [0.15, 0.2) is 24.3 Å². The molecule has 1 saturated carbocycles. The first-order valence-corrected chi connectivity index (χ1v) is 9.80. The molecule has 1 unspecified atom stereocenters. The fraction of sp³-hybridized carbons (Fsp3) is 0.524. The van der Waals surface area contributed by atoms with Crippen LogP contribution in [0, 0.1) is 0 Å². The van der Waals surface area contributed by atoms with Crippen LogP contribution in [-0.4, -0.2) is 52.6 Å². The smallest absolute Gasteiger partial charge is 0.354 e. The van der Waals surface area contributed by atoms with Crippen molar-refractivity contribution in [1.29, 1.82) is 0 Å². The molecule has 0 N–H and O–H groups in total. The van der Waals surface area contributed by atoms with Gasteiger partial charge < -0.3 is 14.4 Å². The van der Waals surface area contributed by atoms with Crippen molar-refractivity contribution in [3.05, 3.63) is 29.8 Å². The van der Waals surface area contributed by atoms with Crippen molar-refractivity contribution in [3.63, 3.8) is 0 Å². The topological polar surface area (TPSA) is 93.2 Å². The Labute approximate surface area is 168 Å². The summed E-state index contributed by atoms with van der Waals surface area (Å²) in [5.74, 6) is -1.99. The molecule has 2 fully saturated rings. The normalized spacial score (nSPS) is 23.6. The molecule has 8 nitrogen and oxygen atoms in total. The van der Waals surface area contributed by atoms with Crippen LogP contribution in [0.2, 0.25) is 0 Å². The van der Waals surface area contributed by atoms with Crippen molar-refractivity contribution in [1.82, 2.24) is 4.90 Å². The second-order valence-electron chi connectivity index (χ2n) is 8.63. The molecule has 1 aromatic rings. The summed E-state index contributed by atoms with van der Waals surface area (Å²) in [7, 11) is 0. The fourth-order valence-corrected chi connectivity index (χ4v) is 4.12. The van der Waals surface area contributed by atoms with Gasteiger partial charge in [0, 0.05) is 18.9 Å². The van der Waals surface area contributed by atoms with Crippen molar-refractivity contribution < 1.29 is 28.7 Å². The van der Waals surface area contributed by atoms with E-state index in [0.29, 0.717) is 11.3 Å². The average Bonchev–Trinajstić information content (AvgIpc) is 3.41. The highest BCUT2D eigenvalue weighted by atomic mass is 16.6. The number of carbonyl (C=O) groups is 4. The molecule has 4 rings (SSSR count). The Hall–Kier alpha value is -2.90. The number of hydrogen-bond donors (Lipinski definition) is 0. The third-order valence-electron chi connectivity index (χ3n) is 5.28. The summed E-state index contributed by atoms with van der Waals surface area (Å²) >= 11 is 0. The Morgan fingerprint density at radius 3 is 2.52 bits per heavy atom. The molecular weight excluding hydrogens is 376 g/mol. The molecule has 0 spiro atoms.